The highest BCUT2D eigenvalue weighted by Crippen LogP contribution is 2.41. The molecular weight excluding hydrogens is 420 g/mol. The van der Waals surface area contributed by atoms with Crippen LogP contribution in [0.1, 0.15) is 128 Å². The molecule has 2 aliphatic rings. The van der Waals surface area contributed by atoms with Crippen LogP contribution in [-0.4, -0.2) is 18.2 Å². The average molecular weight is 469 g/mol. The minimum atomic E-state index is -0.385. The fourth-order valence-electron chi connectivity index (χ4n) is 6.13. The number of unbranched alkanes of at least 4 members (excludes halogenated alkanes) is 5. The molecule has 0 radical (unpaired) electrons. The van der Waals surface area contributed by atoms with Crippen LogP contribution in [-0.2, 0) is 9.59 Å². The van der Waals surface area contributed by atoms with Gasteiger partial charge in [0.05, 0.1) is 12.5 Å². The van der Waals surface area contributed by atoms with Crippen molar-refractivity contribution in [3.63, 3.8) is 0 Å². The predicted molar refractivity (Wildman–Crippen MR) is 140 cm³/mol. The Hall–Kier alpha value is -1.64. The Kier molecular flexibility index (Phi) is 11.6. The number of rotatable bonds is 14. The van der Waals surface area contributed by atoms with Gasteiger partial charge in [-0.3, -0.25) is 9.59 Å². The number of ether oxygens (including phenoxy) is 1. The smallest absolute Gasteiger partial charge is 0.151 e. The Morgan fingerprint density at radius 1 is 0.882 bits per heavy atom. The van der Waals surface area contributed by atoms with Crippen molar-refractivity contribution in [2.24, 2.45) is 17.8 Å². The van der Waals surface area contributed by atoms with Gasteiger partial charge in [0, 0.05) is 12.3 Å². The highest BCUT2D eigenvalue weighted by molar-refractivity contribution is 6.05. The third-order valence-electron chi connectivity index (χ3n) is 8.24. The van der Waals surface area contributed by atoms with Crippen LogP contribution in [0, 0.1) is 17.8 Å². The monoisotopic (exact) mass is 468 g/mol. The van der Waals surface area contributed by atoms with Crippen molar-refractivity contribution in [3.8, 4) is 5.75 Å². The molecule has 3 unspecified atom stereocenters. The van der Waals surface area contributed by atoms with E-state index in [1.54, 1.807) is 0 Å². The molecule has 0 N–H and O–H groups in total. The molecule has 3 nitrogen and oxygen atoms in total. The molecule has 1 aromatic rings. The summed E-state index contributed by atoms with van der Waals surface area (Å²) in [7, 11) is 0. The molecule has 34 heavy (non-hydrogen) atoms. The standard InChI is InChI=1S/C31H48O3/c1-3-5-7-8-10-13-24-16-21-28(29(32)23-24)31(33)30(25-14-11-9-12-15-25)26-17-19-27(20-18-26)34-22-6-4-2/h17-20,24-25,28,30H,3-16,21-23H2,1-2H3. The summed E-state index contributed by atoms with van der Waals surface area (Å²) in [6.45, 7) is 5.14. The van der Waals surface area contributed by atoms with E-state index in [-0.39, 0.29) is 23.4 Å². The number of carbonyl (C=O) groups excluding carboxylic acids is 2. The fraction of sp³-hybridized carbons (Fsp3) is 0.742. The maximum absolute atomic E-state index is 13.9. The topological polar surface area (TPSA) is 43.4 Å². The largest absolute Gasteiger partial charge is 0.494 e. The molecule has 0 bridgehead atoms. The van der Waals surface area contributed by atoms with Crippen LogP contribution < -0.4 is 4.74 Å². The number of carbonyl (C=O) groups is 2. The van der Waals surface area contributed by atoms with Gasteiger partial charge in [-0.25, -0.2) is 0 Å². The summed E-state index contributed by atoms with van der Waals surface area (Å²) in [5.41, 5.74) is 1.09. The van der Waals surface area contributed by atoms with E-state index in [2.05, 4.69) is 26.0 Å². The molecule has 0 spiro atoms. The van der Waals surface area contributed by atoms with Gasteiger partial charge in [0.1, 0.15) is 11.5 Å². The summed E-state index contributed by atoms with van der Waals surface area (Å²) in [4.78, 5) is 27.1. The fourth-order valence-corrected chi connectivity index (χ4v) is 6.13. The van der Waals surface area contributed by atoms with E-state index in [4.69, 9.17) is 4.74 Å². The summed E-state index contributed by atoms with van der Waals surface area (Å²) >= 11 is 0. The van der Waals surface area contributed by atoms with Crippen LogP contribution in [0.25, 0.3) is 0 Å². The Morgan fingerprint density at radius 2 is 1.59 bits per heavy atom. The van der Waals surface area contributed by atoms with Gasteiger partial charge in [0.15, 0.2) is 5.78 Å². The zero-order chi connectivity index (χ0) is 24.2. The number of hydrogen-bond acceptors (Lipinski definition) is 3. The van der Waals surface area contributed by atoms with Crippen LogP contribution in [0.15, 0.2) is 24.3 Å². The number of ketones is 2. The van der Waals surface area contributed by atoms with Gasteiger partial charge in [-0.1, -0.05) is 90.2 Å². The first kappa shape index (κ1) is 27.0. The zero-order valence-electron chi connectivity index (χ0n) is 21.9. The second-order valence-electron chi connectivity index (χ2n) is 10.9. The average Bonchev–Trinajstić information content (AvgIpc) is 2.86. The minimum Gasteiger partial charge on any atom is -0.494 e. The van der Waals surface area contributed by atoms with Crippen molar-refractivity contribution >= 4 is 11.6 Å². The Morgan fingerprint density at radius 3 is 2.26 bits per heavy atom. The van der Waals surface area contributed by atoms with Gasteiger partial charge in [-0.15, -0.1) is 0 Å². The van der Waals surface area contributed by atoms with E-state index < -0.39 is 0 Å². The van der Waals surface area contributed by atoms with E-state index in [9.17, 15) is 9.59 Å². The SMILES string of the molecule is CCCCCCCC1CCC(C(=O)C(c2ccc(OCCCC)cc2)C2CCCCC2)C(=O)C1. The quantitative estimate of drug-likeness (QED) is 0.203. The van der Waals surface area contributed by atoms with Gasteiger partial charge in [0.2, 0.25) is 0 Å². The van der Waals surface area contributed by atoms with Gasteiger partial charge in [-0.05, 0) is 61.6 Å². The van der Waals surface area contributed by atoms with Crippen LogP contribution >= 0.6 is 0 Å². The van der Waals surface area contributed by atoms with Crippen molar-refractivity contribution in [1.29, 1.82) is 0 Å². The molecule has 0 amide bonds. The van der Waals surface area contributed by atoms with Crippen molar-refractivity contribution in [2.75, 3.05) is 6.61 Å². The predicted octanol–water partition coefficient (Wildman–Crippen LogP) is 8.44. The van der Waals surface area contributed by atoms with E-state index in [0.29, 0.717) is 18.3 Å². The van der Waals surface area contributed by atoms with Crippen LogP contribution in [0.5, 0.6) is 5.75 Å². The maximum Gasteiger partial charge on any atom is 0.151 e. The Labute approximate surface area is 208 Å². The third kappa shape index (κ3) is 7.95. The summed E-state index contributed by atoms with van der Waals surface area (Å²) < 4.78 is 5.85. The summed E-state index contributed by atoms with van der Waals surface area (Å²) in [6, 6.07) is 8.21. The molecular formula is C31H48O3. The highest BCUT2D eigenvalue weighted by atomic mass is 16.5. The van der Waals surface area contributed by atoms with Crippen molar-refractivity contribution in [3.05, 3.63) is 29.8 Å². The second-order valence-corrected chi connectivity index (χ2v) is 10.9. The van der Waals surface area contributed by atoms with Crippen LogP contribution in [0.4, 0.5) is 0 Å². The molecule has 0 aliphatic heterocycles. The zero-order valence-corrected chi connectivity index (χ0v) is 21.9. The number of Topliss-reactive ketones (excluding diaryl/α,β-unsaturated/α-hetero) is 2. The number of hydrogen-bond donors (Lipinski definition) is 0. The van der Waals surface area contributed by atoms with Crippen LogP contribution in [0.3, 0.4) is 0 Å². The van der Waals surface area contributed by atoms with E-state index in [0.717, 1.165) is 62.9 Å². The summed E-state index contributed by atoms with van der Waals surface area (Å²) in [5, 5.41) is 0. The lowest BCUT2D eigenvalue weighted by Gasteiger charge is -2.34. The molecule has 2 fully saturated rings. The number of benzene rings is 1. The first-order valence-electron chi connectivity index (χ1n) is 14.4. The molecule has 0 heterocycles. The minimum absolute atomic E-state index is 0.135. The summed E-state index contributed by atoms with van der Waals surface area (Å²) in [6.07, 6.45) is 18.0. The Balaban J connectivity index is 1.63. The van der Waals surface area contributed by atoms with Crippen molar-refractivity contribution in [1.82, 2.24) is 0 Å². The molecule has 3 atom stereocenters. The normalized spacial score (nSPS) is 22.5. The van der Waals surface area contributed by atoms with Gasteiger partial charge < -0.3 is 4.74 Å². The molecule has 0 aromatic heterocycles. The van der Waals surface area contributed by atoms with E-state index >= 15 is 0 Å². The first-order valence-corrected chi connectivity index (χ1v) is 14.4. The first-order chi connectivity index (χ1) is 16.6. The van der Waals surface area contributed by atoms with Gasteiger partial charge in [0.25, 0.3) is 0 Å². The Bertz CT molecular complexity index is 732. The summed E-state index contributed by atoms with van der Waals surface area (Å²) in [5.74, 6) is 1.65. The van der Waals surface area contributed by atoms with E-state index in [1.165, 1.54) is 51.4 Å². The molecule has 1 aromatic carbocycles. The molecule has 190 valence electrons. The highest BCUT2D eigenvalue weighted by Gasteiger charge is 2.40. The van der Waals surface area contributed by atoms with E-state index in [1.807, 2.05) is 12.1 Å². The molecule has 2 aliphatic carbocycles. The van der Waals surface area contributed by atoms with Crippen molar-refractivity contribution in [2.45, 2.75) is 122 Å². The second kappa shape index (κ2) is 14.7. The molecule has 0 saturated heterocycles. The maximum atomic E-state index is 13.9. The molecule has 2 saturated carbocycles. The lowest BCUT2D eigenvalue weighted by molar-refractivity contribution is -0.137. The van der Waals surface area contributed by atoms with Gasteiger partial charge in [-0.2, -0.15) is 0 Å². The third-order valence-corrected chi connectivity index (χ3v) is 8.24. The molecule has 3 heteroatoms. The lowest BCUT2D eigenvalue weighted by Crippen LogP contribution is -2.36. The molecule has 3 rings (SSSR count). The van der Waals surface area contributed by atoms with Gasteiger partial charge >= 0.3 is 0 Å². The van der Waals surface area contributed by atoms with Crippen molar-refractivity contribution < 1.29 is 14.3 Å². The lowest BCUT2D eigenvalue weighted by atomic mass is 9.68. The van der Waals surface area contributed by atoms with Crippen LogP contribution in [0.2, 0.25) is 0 Å².